The zero-order valence-electron chi connectivity index (χ0n) is 38.7. The van der Waals surface area contributed by atoms with Crippen LogP contribution >= 0.6 is 0 Å². The number of fused-ring (bicyclic) bond motifs is 14. The number of nitrogens with zero attached hydrogens (tertiary/aromatic N) is 8. The first-order chi connectivity index (χ1) is 33.4. The van der Waals surface area contributed by atoms with Crippen molar-refractivity contribution < 1.29 is 42.1 Å². The van der Waals surface area contributed by atoms with Gasteiger partial charge < -0.3 is 28.4 Å². The minimum atomic E-state index is 0. The molecule has 344 valence electrons. The van der Waals surface area contributed by atoms with Crippen molar-refractivity contribution in [2.45, 2.75) is 13.8 Å². The van der Waals surface area contributed by atoms with Crippen LogP contribution in [0.15, 0.2) is 195 Å². The third-order valence-electron chi connectivity index (χ3n) is 12.2. The molecule has 0 N–H and O–H groups in total. The standard InChI is InChI=1S/2C25H15N2.2C5H7N2.2Pt/c2*1-2-9-19-17(7-1)14-15-18-8-6-16-26-25(18)27-23-13-4-3-10-20(23)22-12-5-11-21(19)24(22)27;2*1-5-3-6-7(2)4-5;;/h2*1-12,14-16H;2*4H,1-2H3;;/q4*-1;2*+2. The number of rotatable bonds is 0. The monoisotopic (exact) mass is 1270 g/mol. The van der Waals surface area contributed by atoms with Gasteiger partial charge in [0.25, 0.3) is 0 Å². The Morgan fingerprint density at radius 3 is 1.11 bits per heavy atom. The molecule has 6 aromatic carbocycles. The van der Waals surface area contributed by atoms with Gasteiger partial charge in [-0.2, -0.15) is 59.7 Å². The van der Waals surface area contributed by atoms with Gasteiger partial charge in [0.05, 0.1) is 0 Å². The summed E-state index contributed by atoms with van der Waals surface area (Å²) in [5, 5.41) is 22.0. The van der Waals surface area contributed by atoms with Gasteiger partial charge in [-0.05, 0) is 56.6 Å². The molecule has 10 heteroatoms. The quantitative estimate of drug-likeness (QED) is 0.142. The summed E-state index contributed by atoms with van der Waals surface area (Å²) in [6.07, 6.45) is 13.1. The summed E-state index contributed by atoms with van der Waals surface area (Å²) in [5.74, 6) is 0. The molecular formula is C60H44N8Pt2. The van der Waals surface area contributed by atoms with E-state index >= 15 is 0 Å². The van der Waals surface area contributed by atoms with E-state index in [1.165, 1.54) is 64.9 Å². The topological polar surface area (TPSA) is 70.2 Å². The molecular weight excluding hydrogens is 1220 g/mol. The van der Waals surface area contributed by atoms with E-state index in [4.69, 9.17) is 9.97 Å². The third-order valence-corrected chi connectivity index (χ3v) is 12.2. The van der Waals surface area contributed by atoms with Crippen LogP contribution in [0.5, 0.6) is 0 Å². The van der Waals surface area contributed by atoms with Gasteiger partial charge in [0.15, 0.2) is 0 Å². The van der Waals surface area contributed by atoms with E-state index in [0.29, 0.717) is 0 Å². The maximum atomic E-state index is 4.76. The van der Waals surface area contributed by atoms with Crippen molar-refractivity contribution >= 4 is 98.0 Å². The summed E-state index contributed by atoms with van der Waals surface area (Å²) >= 11 is 0. The SMILES string of the molecule is Cc1[c-]nn(C)c1.Cc1[c-]nn(C)c1.[Pt+2].[Pt+2].[c-]1cccc2c3cccc4c5ccccc5ccc5cccnc5n(c12)c43.[c-]1cccc2c3cccc4c5ccccc5ccc5cccnc5n(c12)c43. The Kier molecular flexibility index (Phi) is 14.0. The fourth-order valence-corrected chi connectivity index (χ4v) is 9.32. The van der Waals surface area contributed by atoms with E-state index in [-0.39, 0.29) is 42.1 Å². The second-order valence-corrected chi connectivity index (χ2v) is 16.8. The van der Waals surface area contributed by atoms with Crippen molar-refractivity contribution in [3.63, 3.8) is 0 Å². The van der Waals surface area contributed by atoms with Crippen molar-refractivity contribution in [2.24, 2.45) is 14.1 Å². The summed E-state index contributed by atoms with van der Waals surface area (Å²) < 4.78 is 7.99. The average Bonchev–Trinajstić information content (AvgIpc) is 4.16. The van der Waals surface area contributed by atoms with Gasteiger partial charge in [-0.3, -0.25) is 0 Å². The third kappa shape index (κ3) is 8.97. The van der Waals surface area contributed by atoms with Crippen LogP contribution < -0.4 is 0 Å². The second-order valence-electron chi connectivity index (χ2n) is 16.8. The van der Waals surface area contributed by atoms with E-state index in [0.717, 1.165) is 44.2 Å². The van der Waals surface area contributed by atoms with Crippen LogP contribution in [0.25, 0.3) is 98.0 Å². The van der Waals surface area contributed by atoms with Crippen molar-refractivity contribution in [2.75, 3.05) is 0 Å². The molecule has 0 amide bonds. The minimum absolute atomic E-state index is 0. The Hall–Kier alpha value is -7.50. The smallest absolute Gasteiger partial charge is 0.372 e. The minimum Gasteiger partial charge on any atom is -0.372 e. The summed E-state index contributed by atoms with van der Waals surface area (Å²) in [6.45, 7) is 3.93. The van der Waals surface area contributed by atoms with E-state index in [9.17, 15) is 0 Å². The second kappa shape index (κ2) is 20.6. The van der Waals surface area contributed by atoms with E-state index in [1.54, 1.807) is 9.36 Å². The molecule has 0 unspecified atom stereocenters. The largest absolute Gasteiger partial charge is 2.00 e. The molecule has 0 spiro atoms. The van der Waals surface area contributed by atoms with Crippen molar-refractivity contribution in [3.05, 3.63) is 230 Å². The van der Waals surface area contributed by atoms with Crippen LogP contribution in [0.3, 0.4) is 0 Å². The molecule has 0 bridgehead atoms. The van der Waals surface area contributed by atoms with Crippen LogP contribution in [0, 0.1) is 38.4 Å². The molecule has 70 heavy (non-hydrogen) atoms. The average molecular weight is 1270 g/mol. The maximum absolute atomic E-state index is 4.76. The zero-order chi connectivity index (χ0) is 46.1. The summed E-state index contributed by atoms with van der Waals surface area (Å²) in [7, 11) is 3.76. The van der Waals surface area contributed by atoms with Crippen molar-refractivity contribution in [3.8, 4) is 0 Å². The molecule has 0 saturated carbocycles. The molecule has 8 heterocycles. The Morgan fingerprint density at radius 2 is 0.729 bits per heavy atom. The number of benzene rings is 6. The molecule has 8 nitrogen and oxygen atoms in total. The summed E-state index contributed by atoms with van der Waals surface area (Å²) in [6, 6.07) is 66.5. The first kappa shape index (κ1) is 47.6. The fourth-order valence-electron chi connectivity index (χ4n) is 9.32. The summed E-state index contributed by atoms with van der Waals surface area (Å²) in [5.41, 5.74) is 8.55. The normalized spacial score (nSPS) is 10.9. The van der Waals surface area contributed by atoms with Crippen LogP contribution in [0.2, 0.25) is 0 Å². The predicted octanol–water partition coefficient (Wildman–Crippen LogP) is 13.7. The number of aromatic nitrogens is 8. The first-order valence-corrected chi connectivity index (χ1v) is 22.5. The fraction of sp³-hybridized carbons (Fsp3) is 0.0667. The number of aryl methyl sites for hydroxylation is 4. The van der Waals surface area contributed by atoms with Gasteiger partial charge in [0, 0.05) is 59.1 Å². The van der Waals surface area contributed by atoms with Crippen LogP contribution in [-0.4, -0.2) is 38.3 Å². The Labute approximate surface area is 433 Å². The predicted molar refractivity (Wildman–Crippen MR) is 279 cm³/mol. The van der Waals surface area contributed by atoms with Gasteiger partial charge in [-0.15, -0.1) is 35.6 Å². The van der Waals surface area contributed by atoms with Crippen LogP contribution in [0.4, 0.5) is 0 Å². The molecule has 0 radical (unpaired) electrons. The number of para-hydroxylation sites is 4. The van der Waals surface area contributed by atoms with Gasteiger partial charge in [0.2, 0.25) is 0 Å². The molecule has 0 aliphatic heterocycles. The van der Waals surface area contributed by atoms with Gasteiger partial charge in [0.1, 0.15) is 11.3 Å². The molecule has 8 aromatic heterocycles. The van der Waals surface area contributed by atoms with Gasteiger partial charge in [-0.25, -0.2) is 9.97 Å². The van der Waals surface area contributed by atoms with Gasteiger partial charge in [-0.1, -0.05) is 134 Å². The first-order valence-electron chi connectivity index (χ1n) is 22.5. The number of pyridine rings is 2. The van der Waals surface area contributed by atoms with E-state index in [2.05, 4.69) is 189 Å². The Balaban J connectivity index is 0.000000133. The number of hydrogen-bond acceptors (Lipinski definition) is 4. The van der Waals surface area contributed by atoms with Gasteiger partial charge >= 0.3 is 42.1 Å². The molecule has 0 aliphatic rings. The summed E-state index contributed by atoms with van der Waals surface area (Å²) in [4.78, 5) is 9.53. The van der Waals surface area contributed by atoms with E-state index in [1.807, 2.05) is 77.0 Å². The maximum Gasteiger partial charge on any atom is 2.00 e. The Morgan fingerprint density at radius 1 is 0.371 bits per heavy atom. The number of hydrogen-bond donors (Lipinski definition) is 0. The molecule has 14 rings (SSSR count). The molecule has 0 atom stereocenters. The van der Waals surface area contributed by atoms with Crippen molar-refractivity contribution in [1.82, 2.24) is 38.3 Å². The van der Waals surface area contributed by atoms with Crippen LogP contribution in [0.1, 0.15) is 11.1 Å². The molecule has 0 aliphatic carbocycles. The molecule has 0 fully saturated rings. The Bertz CT molecular complexity index is 3930. The molecule has 0 saturated heterocycles. The van der Waals surface area contributed by atoms with E-state index < -0.39 is 0 Å². The van der Waals surface area contributed by atoms with Crippen LogP contribution in [-0.2, 0) is 56.2 Å². The zero-order valence-corrected chi connectivity index (χ0v) is 43.2. The molecule has 14 aromatic rings. The van der Waals surface area contributed by atoms with Crippen molar-refractivity contribution in [1.29, 1.82) is 0 Å².